The number of amides is 1. The van der Waals surface area contributed by atoms with Gasteiger partial charge in [0.1, 0.15) is 10.7 Å². The molecule has 2 heterocycles. The molecule has 0 unspecified atom stereocenters. The first-order valence-electron chi connectivity index (χ1n) is 7.78. The van der Waals surface area contributed by atoms with Crippen molar-refractivity contribution in [2.45, 2.75) is 53.0 Å². The zero-order valence-electron chi connectivity index (χ0n) is 14.2. The Morgan fingerprint density at radius 3 is 2.57 bits per heavy atom. The molecule has 23 heavy (non-hydrogen) atoms. The Kier molecular flexibility index (Phi) is 5.04. The molecule has 0 aliphatic carbocycles. The summed E-state index contributed by atoms with van der Waals surface area (Å²) in [6.07, 6.45) is 3.10. The van der Waals surface area contributed by atoms with Crippen LogP contribution in [0.4, 0.5) is 0 Å². The fourth-order valence-corrected chi connectivity index (χ4v) is 3.63. The second-order valence-corrected chi connectivity index (χ2v) is 6.76. The Balaban J connectivity index is 2.38. The van der Waals surface area contributed by atoms with Crippen molar-refractivity contribution >= 4 is 23.0 Å². The summed E-state index contributed by atoms with van der Waals surface area (Å²) in [6, 6.07) is 0. The van der Waals surface area contributed by atoms with Gasteiger partial charge in [-0.1, -0.05) is 13.8 Å². The summed E-state index contributed by atoms with van der Waals surface area (Å²) in [5.74, 6) is -0.218. The molecule has 0 saturated carbocycles. The van der Waals surface area contributed by atoms with E-state index in [9.17, 15) is 9.59 Å². The molecular formula is C17H23N3O2S. The first-order valence-corrected chi connectivity index (χ1v) is 8.66. The van der Waals surface area contributed by atoms with Gasteiger partial charge in [0.05, 0.1) is 5.54 Å². The zero-order chi connectivity index (χ0) is 17.2. The molecule has 1 atom stereocenters. The van der Waals surface area contributed by atoms with Gasteiger partial charge in [-0.3, -0.25) is 9.59 Å². The number of hydrogen-bond donors (Lipinski definition) is 2. The molecule has 0 saturated heterocycles. The van der Waals surface area contributed by atoms with Crippen LogP contribution >= 0.6 is 11.3 Å². The van der Waals surface area contributed by atoms with Crippen LogP contribution in [-0.4, -0.2) is 21.7 Å². The standard InChI is InChI=1S/C17H23N3O2S/c1-6-12-13(11(4)21)10(3)19-14(12)15(22)20-17(5,7-2)16-18-8-9-23-16/h8-9,19H,6-7H2,1-5H3,(H,20,22)/t17-/m0/s1. The number of aromatic nitrogens is 2. The maximum absolute atomic E-state index is 12.8. The van der Waals surface area contributed by atoms with Gasteiger partial charge in [-0.25, -0.2) is 4.98 Å². The molecule has 2 aromatic rings. The third-order valence-corrected chi connectivity index (χ3v) is 5.26. The number of thiazole rings is 1. The Hall–Kier alpha value is -1.95. The van der Waals surface area contributed by atoms with Crippen molar-refractivity contribution in [3.63, 3.8) is 0 Å². The SMILES string of the molecule is CCc1c(C(=O)N[C@@](C)(CC)c2nccs2)[nH]c(C)c1C(C)=O. The maximum Gasteiger partial charge on any atom is 0.268 e. The van der Waals surface area contributed by atoms with E-state index in [1.807, 2.05) is 33.1 Å². The highest BCUT2D eigenvalue weighted by Crippen LogP contribution is 2.28. The molecule has 0 aliphatic heterocycles. The summed E-state index contributed by atoms with van der Waals surface area (Å²) in [6.45, 7) is 9.29. The average molecular weight is 333 g/mol. The number of nitrogens with zero attached hydrogens (tertiary/aromatic N) is 1. The number of aromatic amines is 1. The number of ketones is 1. The summed E-state index contributed by atoms with van der Waals surface area (Å²) >= 11 is 1.52. The van der Waals surface area contributed by atoms with Crippen LogP contribution in [0.25, 0.3) is 0 Å². The van der Waals surface area contributed by atoms with Gasteiger partial charge in [0.2, 0.25) is 0 Å². The van der Waals surface area contributed by atoms with Crippen LogP contribution in [-0.2, 0) is 12.0 Å². The average Bonchev–Trinajstić information content (AvgIpc) is 3.14. The van der Waals surface area contributed by atoms with Gasteiger partial charge in [-0.15, -0.1) is 11.3 Å². The summed E-state index contributed by atoms with van der Waals surface area (Å²) in [4.78, 5) is 32.1. The minimum Gasteiger partial charge on any atom is -0.354 e. The second-order valence-electron chi connectivity index (χ2n) is 5.87. The fraction of sp³-hybridized carbons (Fsp3) is 0.471. The third-order valence-electron chi connectivity index (χ3n) is 4.22. The molecule has 0 fully saturated rings. The number of rotatable bonds is 6. The van der Waals surface area contributed by atoms with E-state index in [4.69, 9.17) is 0 Å². The van der Waals surface area contributed by atoms with Crippen LogP contribution in [0.3, 0.4) is 0 Å². The highest BCUT2D eigenvalue weighted by Gasteiger charge is 2.31. The maximum atomic E-state index is 12.8. The Morgan fingerprint density at radius 1 is 1.39 bits per heavy atom. The Labute approximate surface area is 140 Å². The van der Waals surface area contributed by atoms with Crippen LogP contribution in [0.2, 0.25) is 0 Å². The lowest BCUT2D eigenvalue weighted by Crippen LogP contribution is -2.43. The van der Waals surface area contributed by atoms with Gasteiger partial charge in [-0.05, 0) is 39.2 Å². The fourth-order valence-electron chi connectivity index (χ4n) is 2.80. The first kappa shape index (κ1) is 17.4. The number of carbonyl (C=O) groups excluding carboxylic acids is 2. The molecule has 2 aromatic heterocycles. The molecule has 2 N–H and O–H groups in total. The van der Waals surface area contributed by atoms with E-state index < -0.39 is 5.54 Å². The second kappa shape index (κ2) is 6.66. The molecule has 124 valence electrons. The van der Waals surface area contributed by atoms with Crippen LogP contribution in [0.15, 0.2) is 11.6 Å². The zero-order valence-corrected chi connectivity index (χ0v) is 15.1. The lowest BCUT2D eigenvalue weighted by molar-refractivity contribution is 0.0896. The van der Waals surface area contributed by atoms with Crippen molar-refractivity contribution in [2.75, 3.05) is 0 Å². The van der Waals surface area contributed by atoms with Gasteiger partial charge >= 0.3 is 0 Å². The molecule has 1 amide bonds. The lowest BCUT2D eigenvalue weighted by atomic mass is 9.98. The number of carbonyl (C=O) groups is 2. The van der Waals surface area contributed by atoms with Crippen molar-refractivity contribution in [3.05, 3.63) is 39.1 Å². The minimum absolute atomic E-state index is 0.0205. The largest absolute Gasteiger partial charge is 0.354 e. The number of Topliss-reactive ketones (excluding diaryl/α,β-unsaturated/α-hetero) is 1. The normalized spacial score (nSPS) is 13.6. The highest BCUT2D eigenvalue weighted by molar-refractivity contribution is 7.09. The quantitative estimate of drug-likeness (QED) is 0.793. The highest BCUT2D eigenvalue weighted by atomic mass is 32.1. The number of H-pyrrole nitrogens is 1. The van der Waals surface area contributed by atoms with E-state index in [0.717, 1.165) is 22.7 Å². The third kappa shape index (κ3) is 3.22. The number of aryl methyl sites for hydroxylation is 1. The topological polar surface area (TPSA) is 74.8 Å². The van der Waals surface area contributed by atoms with Crippen LogP contribution in [0.5, 0.6) is 0 Å². The monoisotopic (exact) mass is 333 g/mol. The predicted molar refractivity (Wildman–Crippen MR) is 92.1 cm³/mol. The molecule has 0 bridgehead atoms. The molecule has 5 nitrogen and oxygen atoms in total. The van der Waals surface area contributed by atoms with Gasteiger partial charge in [0.25, 0.3) is 5.91 Å². The van der Waals surface area contributed by atoms with Crippen molar-refractivity contribution in [1.29, 1.82) is 0 Å². The molecule has 0 aromatic carbocycles. The van der Waals surface area contributed by atoms with E-state index in [0.29, 0.717) is 17.7 Å². The van der Waals surface area contributed by atoms with Crippen molar-refractivity contribution in [3.8, 4) is 0 Å². The molecule has 0 radical (unpaired) electrons. The summed E-state index contributed by atoms with van der Waals surface area (Å²) in [5.41, 5.74) is 2.11. The van der Waals surface area contributed by atoms with Crippen molar-refractivity contribution in [1.82, 2.24) is 15.3 Å². The van der Waals surface area contributed by atoms with Crippen LogP contribution in [0.1, 0.15) is 71.2 Å². The van der Waals surface area contributed by atoms with Gasteiger partial charge in [0, 0.05) is 22.8 Å². The van der Waals surface area contributed by atoms with Crippen molar-refractivity contribution in [2.24, 2.45) is 0 Å². The number of nitrogens with one attached hydrogen (secondary N) is 2. The smallest absolute Gasteiger partial charge is 0.268 e. The molecule has 0 aliphatic rings. The van der Waals surface area contributed by atoms with E-state index in [-0.39, 0.29) is 11.7 Å². The van der Waals surface area contributed by atoms with Gasteiger partial charge in [0.15, 0.2) is 5.78 Å². The summed E-state index contributed by atoms with van der Waals surface area (Å²) < 4.78 is 0. The molecule has 0 spiro atoms. The Morgan fingerprint density at radius 2 is 2.09 bits per heavy atom. The van der Waals surface area contributed by atoms with E-state index in [1.165, 1.54) is 18.3 Å². The minimum atomic E-state index is -0.522. The van der Waals surface area contributed by atoms with E-state index in [2.05, 4.69) is 15.3 Å². The summed E-state index contributed by atoms with van der Waals surface area (Å²) in [7, 11) is 0. The lowest BCUT2D eigenvalue weighted by Gasteiger charge is -2.27. The van der Waals surface area contributed by atoms with Gasteiger partial charge in [-0.2, -0.15) is 0 Å². The predicted octanol–water partition coefficient (Wildman–Crippen LogP) is 3.60. The van der Waals surface area contributed by atoms with Gasteiger partial charge < -0.3 is 10.3 Å². The van der Waals surface area contributed by atoms with Crippen LogP contribution < -0.4 is 5.32 Å². The van der Waals surface area contributed by atoms with E-state index in [1.54, 1.807) is 6.20 Å². The Bertz CT molecular complexity index is 719. The van der Waals surface area contributed by atoms with Crippen molar-refractivity contribution < 1.29 is 9.59 Å². The van der Waals surface area contributed by atoms with Crippen LogP contribution in [0, 0.1) is 6.92 Å². The van der Waals surface area contributed by atoms with E-state index >= 15 is 0 Å². The first-order chi connectivity index (χ1) is 10.8. The molecular weight excluding hydrogens is 310 g/mol. The summed E-state index contributed by atoms with van der Waals surface area (Å²) in [5, 5.41) is 5.86. The molecule has 2 rings (SSSR count). The number of hydrogen-bond acceptors (Lipinski definition) is 4. The molecule has 6 heteroatoms.